The van der Waals surface area contributed by atoms with Gasteiger partial charge in [0.25, 0.3) is 0 Å². The number of amides is 1. The third-order valence-corrected chi connectivity index (χ3v) is 2.66. The Morgan fingerprint density at radius 2 is 2.22 bits per heavy atom. The van der Waals surface area contributed by atoms with Crippen LogP contribution in [0.2, 0.25) is 5.02 Å². The molecule has 0 bridgehead atoms. The van der Waals surface area contributed by atoms with E-state index in [4.69, 9.17) is 16.9 Å². The van der Waals surface area contributed by atoms with Crippen molar-refractivity contribution in [2.45, 2.75) is 19.8 Å². The molecule has 0 atom stereocenters. The molecule has 0 fully saturated rings. The van der Waals surface area contributed by atoms with Crippen LogP contribution in [-0.2, 0) is 4.79 Å². The molecule has 0 aromatic heterocycles. The van der Waals surface area contributed by atoms with Crippen LogP contribution >= 0.6 is 11.6 Å². The van der Waals surface area contributed by atoms with Crippen molar-refractivity contribution in [3.8, 4) is 6.07 Å². The fourth-order valence-corrected chi connectivity index (χ4v) is 1.61. The van der Waals surface area contributed by atoms with Gasteiger partial charge in [0.2, 0.25) is 5.91 Å². The standard InChI is InChI=1S/C13H16ClN3O/c1-2-6-17-13(18)5-7-16-11-4-3-10(9-15)12(14)8-11/h3-4,8,16H,2,5-7H2,1H3,(H,17,18). The first-order valence-corrected chi connectivity index (χ1v) is 6.25. The highest BCUT2D eigenvalue weighted by Gasteiger charge is 2.02. The second-order valence-electron chi connectivity index (χ2n) is 3.83. The van der Waals surface area contributed by atoms with E-state index in [1.54, 1.807) is 18.2 Å². The minimum absolute atomic E-state index is 0.0316. The topological polar surface area (TPSA) is 64.9 Å². The van der Waals surface area contributed by atoms with Crippen molar-refractivity contribution in [2.75, 3.05) is 18.4 Å². The van der Waals surface area contributed by atoms with E-state index in [1.807, 2.05) is 13.0 Å². The lowest BCUT2D eigenvalue weighted by atomic mass is 10.2. The van der Waals surface area contributed by atoms with Crippen LogP contribution in [0.3, 0.4) is 0 Å². The van der Waals surface area contributed by atoms with Gasteiger partial charge in [0.15, 0.2) is 0 Å². The van der Waals surface area contributed by atoms with Gasteiger partial charge in [0.05, 0.1) is 10.6 Å². The summed E-state index contributed by atoms with van der Waals surface area (Å²) < 4.78 is 0. The van der Waals surface area contributed by atoms with Crippen LogP contribution in [0.1, 0.15) is 25.3 Å². The number of carbonyl (C=O) groups is 1. The van der Waals surface area contributed by atoms with E-state index in [0.29, 0.717) is 30.1 Å². The lowest BCUT2D eigenvalue weighted by molar-refractivity contribution is -0.120. The van der Waals surface area contributed by atoms with Gasteiger partial charge < -0.3 is 10.6 Å². The molecular formula is C13H16ClN3O. The molecule has 0 saturated heterocycles. The highest BCUT2D eigenvalue weighted by Crippen LogP contribution is 2.19. The Balaban J connectivity index is 2.38. The number of nitrogens with one attached hydrogen (secondary N) is 2. The maximum atomic E-state index is 11.3. The van der Waals surface area contributed by atoms with Gasteiger partial charge in [0.1, 0.15) is 6.07 Å². The molecule has 0 aliphatic carbocycles. The molecule has 0 aliphatic heterocycles. The van der Waals surface area contributed by atoms with Crippen molar-refractivity contribution in [1.29, 1.82) is 5.26 Å². The molecule has 0 unspecified atom stereocenters. The van der Waals surface area contributed by atoms with Gasteiger partial charge in [-0.25, -0.2) is 0 Å². The number of halogens is 1. The van der Waals surface area contributed by atoms with Crippen LogP contribution in [0.25, 0.3) is 0 Å². The van der Waals surface area contributed by atoms with Gasteiger partial charge in [-0.15, -0.1) is 0 Å². The molecule has 0 radical (unpaired) electrons. The van der Waals surface area contributed by atoms with Crippen molar-refractivity contribution >= 4 is 23.2 Å². The highest BCUT2D eigenvalue weighted by molar-refractivity contribution is 6.32. The summed E-state index contributed by atoms with van der Waals surface area (Å²) >= 11 is 5.90. The number of anilines is 1. The SMILES string of the molecule is CCCNC(=O)CCNc1ccc(C#N)c(Cl)c1. The maximum Gasteiger partial charge on any atom is 0.221 e. The molecular weight excluding hydrogens is 250 g/mol. The lowest BCUT2D eigenvalue weighted by Crippen LogP contribution is -2.25. The average molecular weight is 266 g/mol. The fourth-order valence-electron chi connectivity index (χ4n) is 1.39. The van der Waals surface area contributed by atoms with E-state index in [-0.39, 0.29) is 5.91 Å². The molecule has 0 spiro atoms. The second-order valence-corrected chi connectivity index (χ2v) is 4.24. The monoisotopic (exact) mass is 265 g/mol. The second kappa shape index (κ2) is 7.57. The van der Waals surface area contributed by atoms with Gasteiger partial charge in [-0.1, -0.05) is 18.5 Å². The Morgan fingerprint density at radius 1 is 1.44 bits per heavy atom. The van der Waals surface area contributed by atoms with Crippen LogP contribution < -0.4 is 10.6 Å². The number of hydrogen-bond acceptors (Lipinski definition) is 3. The van der Waals surface area contributed by atoms with Crippen LogP contribution in [-0.4, -0.2) is 19.0 Å². The van der Waals surface area contributed by atoms with Crippen molar-refractivity contribution in [1.82, 2.24) is 5.32 Å². The fraction of sp³-hybridized carbons (Fsp3) is 0.385. The molecule has 18 heavy (non-hydrogen) atoms. The van der Waals surface area contributed by atoms with Crippen LogP contribution in [0, 0.1) is 11.3 Å². The van der Waals surface area contributed by atoms with Crippen LogP contribution in [0.5, 0.6) is 0 Å². The molecule has 0 heterocycles. The van der Waals surface area contributed by atoms with Crippen molar-refractivity contribution in [3.05, 3.63) is 28.8 Å². The molecule has 1 amide bonds. The Hall–Kier alpha value is -1.73. The summed E-state index contributed by atoms with van der Waals surface area (Å²) in [5, 5.41) is 15.0. The zero-order chi connectivity index (χ0) is 13.4. The van der Waals surface area contributed by atoms with E-state index in [0.717, 1.165) is 12.1 Å². The number of nitrogens with zero attached hydrogens (tertiary/aromatic N) is 1. The summed E-state index contributed by atoms with van der Waals surface area (Å²) in [5.74, 6) is 0.0316. The number of hydrogen-bond donors (Lipinski definition) is 2. The molecule has 1 rings (SSSR count). The molecule has 2 N–H and O–H groups in total. The predicted octanol–water partition coefficient (Wildman–Crippen LogP) is 2.54. The van der Waals surface area contributed by atoms with Gasteiger partial charge in [-0.3, -0.25) is 4.79 Å². The van der Waals surface area contributed by atoms with E-state index < -0.39 is 0 Å². The first-order valence-electron chi connectivity index (χ1n) is 5.87. The summed E-state index contributed by atoms with van der Waals surface area (Å²) in [6.45, 7) is 3.26. The smallest absolute Gasteiger partial charge is 0.221 e. The summed E-state index contributed by atoms with van der Waals surface area (Å²) in [4.78, 5) is 11.3. The van der Waals surface area contributed by atoms with Gasteiger partial charge in [0, 0.05) is 25.2 Å². The first-order chi connectivity index (χ1) is 8.67. The summed E-state index contributed by atoms with van der Waals surface area (Å²) in [5.41, 5.74) is 1.25. The molecule has 1 aromatic rings. The van der Waals surface area contributed by atoms with Crippen LogP contribution in [0.4, 0.5) is 5.69 Å². The lowest BCUT2D eigenvalue weighted by Gasteiger charge is -2.07. The molecule has 0 aliphatic rings. The Labute approximate surface area is 112 Å². The zero-order valence-electron chi connectivity index (χ0n) is 10.3. The normalized spacial score (nSPS) is 9.61. The number of carbonyl (C=O) groups excluding carboxylic acids is 1. The van der Waals surface area contributed by atoms with Gasteiger partial charge >= 0.3 is 0 Å². The van der Waals surface area contributed by atoms with E-state index >= 15 is 0 Å². The zero-order valence-corrected chi connectivity index (χ0v) is 11.0. The molecule has 1 aromatic carbocycles. The summed E-state index contributed by atoms with van der Waals surface area (Å²) in [6.07, 6.45) is 1.35. The van der Waals surface area contributed by atoms with Crippen molar-refractivity contribution < 1.29 is 4.79 Å². The van der Waals surface area contributed by atoms with Crippen molar-refractivity contribution in [2.24, 2.45) is 0 Å². The quantitative estimate of drug-likeness (QED) is 0.831. The third kappa shape index (κ3) is 4.64. The summed E-state index contributed by atoms with van der Waals surface area (Å²) in [7, 11) is 0. The number of nitriles is 1. The Kier molecular flexibility index (Phi) is 6.03. The third-order valence-electron chi connectivity index (χ3n) is 2.34. The van der Waals surface area contributed by atoms with E-state index in [9.17, 15) is 4.79 Å². The Morgan fingerprint density at radius 3 is 2.83 bits per heavy atom. The highest BCUT2D eigenvalue weighted by atomic mass is 35.5. The summed E-state index contributed by atoms with van der Waals surface area (Å²) in [6, 6.07) is 7.11. The van der Waals surface area contributed by atoms with E-state index in [1.165, 1.54) is 0 Å². The first kappa shape index (κ1) is 14.3. The Bertz CT molecular complexity index is 454. The molecule has 0 saturated carbocycles. The van der Waals surface area contributed by atoms with Gasteiger partial charge in [-0.05, 0) is 24.6 Å². The maximum absolute atomic E-state index is 11.3. The van der Waals surface area contributed by atoms with Crippen LogP contribution in [0.15, 0.2) is 18.2 Å². The minimum Gasteiger partial charge on any atom is -0.384 e. The van der Waals surface area contributed by atoms with Gasteiger partial charge in [-0.2, -0.15) is 5.26 Å². The minimum atomic E-state index is 0.0316. The number of rotatable bonds is 6. The molecule has 4 nitrogen and oxygen atoms in total. The van der Waals surface area contributed by atoms with E-state index in [2.05, 4.69) is 10.6 Å². The predicted molar refractivity (Wildman–Crippen MR) is 72.6 cm³/mol. The molecule has 96 valence electrons. The average Bonchev–Trinajstić information content (AvgIpc) is 2.36. The number of benzene rings is 1. The largest absolute Gasteiger partial charge is 0.384 e. The van der Waals surface area contributed by atoms with Crippen molar-refractivity contribution in [3.63, 3.8) is 0 Å². The molecule has 5 heteroatoms.